The summed E-state index contributed by atoms with van der Waals surface area (Å²) in [5.74, 6) is 0.372. The molecule has 2 heterocycles. The van der Waals surface area contributed by atoms with Crippen LogP contribution in [-0.4, -0.2) is 41.9 Å². The molecule has 0 N–H and O–H groups in total. The second-order valence-corrected chi connectivity index (χ2v) is 8.87. The number of hydrogen-bond donors (Lipinski definition) is 0. The lowest BCUT2D eigenvalue weighted by atomic mass is 9.84. The first kappa shape index (κ1) is 22.6. The molecule has 2 aromatic carbocycles. The first-order valence-corrected chi connectivity index (χ1v) is 11.4. The molecule has 0 spiro atoms. The van der Waals surface area contributed by atoms with Gasteiger partial charge in [0.05, 0.1) is 6.26 Å². The summed E-state index contributed by atoms with van der Waals surface area (Å²) in [5, 5.41) is 0.716. The van der Waals surface area contributed by atoms with Crippen LogP contribution in [0.1, 0.15) is 34.5 Å². The molecule has 4 rings (SSSR count). The Morgan fingerprint density at radius 2 is 1.78 bits per heavy atom. The van der Waals surface area contributed by atoms with Crippen LogP contribution in [0.25, 0.3) is 0 Å². The summed E-state index contributed by atoms with van der Waals surface area (Å²) in [7, 11) is 1.85. The Kier molecular flexibility index (Phi) is 7.28. The quantitative estimate of drug-likeness (QED) is 0.461. The smallest absolute Gasteiger partial charge is 0.289 e. The highest BCUT2D eigenvalue weighted by Crippen LogP contribution is 2.30. The van der Waals surface area contributed by atoms with Gasteiger partial charge in [-0.15, -0.1) is 0 Å². The molecule has 1 aliphatic rings. The highest BCUT2D eigenvalue weighted by atomic mass is 35.5. The number of furan rings is 1. The molecule has 4 nitrogen and oxygen atoms in total. The van der Waals surface area contributed by atoms with Gasteiger partial charge in [0.1, 0.15) is 5.82 Å². The zero-order chi connectivity index (χ0) is 22.5. The molecule has 0 bridgehead atoms. The van der Waals surface area contributed by atoms with Gasteiger partial charge >= 0.3 is 0 Å². The third-order valence-electron chi connectivity index (χ3n) is 6.46. The normalized spacial score (nSPS) is 16.1. The third-order valence-corrected chi connectivity index (χ3v) is 6.83. The maximum absolute atomic E-state index is 14.1. The summed E-state index contributed by atoms with van der Waals surface area (Å²) in [5.41, 5.74) is 1.76. The minimum absolute atomic E-state index is 0.0110. The van der Waals surface area contributed by atoms with E-state index in [1.165, 1.54) is 12.3 Å². The first-order valence-electron chi connectivity index (χ1n) is 11.0. The van der Waals surface area contributed by atoms with Gasteiger partial charge in [0, 0.05) is 30.2 Å². The van der Waals surface area contributed by atoms with Gasteiger partial charge in [-0.3, -0.25) is 9.69 Å². The lowest BCUT2D eigenvalue weighted by Gasteiger charge is -2.40. The van der Waals surface area contributed by atoms with E-state index in [1.807, 2.05) is 43.4 Å². The summed E-state index contributed by atoms with van der Waals surface area (Å²) >= 11 is 6.45. The van der Waals surface area contributed by atoms with Crippen molar-refractivity contribution in [2.24, 2.45) is 5.92 Å². The van der Waals surface area contributed by atoms with Crippen LogP contribution >= 0.6 is 11.6 Å². The Hall–Kier alpha value is -2.63. The van der Waals surface area contributed by atoms with Crippen LogP contribution in [0.2, 0.25) is 5.02 Å². The van der Waals surface area contributed by atoms with E-state index in [4.69, 9.17) is 16.0 Å². The highest BCUT2D eigenvalue weighted by molar-refractivity contribution is 6.31. The van der Waals surface area contributed by atoms with Crippen LogP contribution in [-0.2, 0) is 13.0 Å². The molecule has 0 aliphatic carbocycles. The number of likely N-dealkylation sites (N-methyl/N-ethyl adjacent to an activating group) is 1. The molecular formula is C26H28ClFN2O2. The average Bonchev–Trinajstić information content (AvgIpc) is 3.35. The Morgan fingerprint density at radius 3 is 2.44 bits per heavy atom. The minimum Gasteiger partial charge on any atom is -0.459 e. The Balaban J connectivity index is 1.48. The number of rotatable bonds is 7. The monoisotopic (exact) mass is 454 g/mol. The number of halogens is 2. The van der Waals surface area contributed by atoms with Gasteiger partial charge < -0.3 is 9.32 Å². The predicted octanol–water partition coefficient (Wildman–Crippen LogP) is 5.67. The predicted molar refractivity (Wildman–Crippen MR) is 124 cm³/mol. The SMILES string of the molecule is CN(C(=O)c1ccco1)[C@H](Cc1ccccc1Cl)C1CCN(Cc2ccccc2F)CC1. The lowest BCUT2D eigenvalue weighted by Crippen LogP contribution is -2.47. The Morgan fingerprint density at radius 1 is 1.09 bits per heavy atom. The molecule has 3 aromatic rings. The van der Waals surface area contributed by atoms with E-state index in [9.17, 15) is 9.18 Å². The number of amides is 1. The summed E-state index contributed by atoms with van der Waals surface area (Å²) in [6.07, 6.45) is 4.06. The van der Waals surface area contributed by atoms with E-state index >= 15 is 0 Å². The zero-order valence-corrected chi connectivity index (χ0v) is 19.0. The van der Waals surface area contributed by atoms with Gasteiger partial charge in [-0.2, -0.15) is 0 Å². The number of likely N-dealkylation sites (tertiary alicyclic amines) is 1. The van der Waals surface area contributed by atoms with E-state index in [0.717, 1.165) is 37.1 Å². The fourth-order valence-corrected chi connectivity index (χ4v) is 4.81. The van der Waals surface area contributed by atoms with Crippen molar-refractivity contribution in [1.29, 1.82) is 0 Å². The Bertz CT molecular complexity index is 1030. The zero-order valence-electron chi connectivity index (χ0n) is 18.2. The van der Waals surface area contributed by atoms with Gasteiger partial charge in [-0.1, -0.05) is 48.0 Å². The van der Waals surface area contributed by atoms with Crippen LogP contribution in [0.5, 0.6) is 0 Å². The summed E-state index contributed by atoms with van der Waals surface area (Å²) < 4.78 is 19.4. The van der Waals surface area contributed by atoms with Crippen molar-refractivity contribution < 1.29 is 13.6 Å². The molecule has 1 saturated heterocycles. The molecule has 1 amide bonds. The molecule has 0 saturated carbocycles. The highest BCUT2D eigenvalue weighted by Gasteiger charge is 2.33. The summed E-state index contributed by atoms with van der Waals surface area (Å²) in [6.45, 7) is 2.33. The second-order valence-electron chi connectivity index (χ2n) is 8.46. The second kappa shape index (κ2) is 10.3. The molecule has 1 fully saturated rings. The average molecular weight is 455 g/mol. The van der Waals surface area contributed by atoms with Crippen LogP contribution in [0.4, 0.5) is 4.39 Å². The van der Waals surface area contributed by atoms with E-state index < -0.39 is 0 Å². The van der Waals surface area contributed by atoms with Gasteiger partial charge in [-0.25, -0.2) is 4.39 Å². The maximum atomic E-state index is 14.1. The van der Waals surface area contributed by atoms with Crippen LogP contribution < -0.4 is 0 Å². The number of carbonyl (C=O) groups excluding carboxylic acids is 1. The molecule has 1 aromatic heterocycles. The fraction of sp³-hybridized carbons (Fsp3) is 0.346. The van der Waals surface area contributed by atoms with Crippen molar-refractivity contribution in [3.63, 3.8) is 0 Å². The van der Waals surface area contributed by atoms with Crippen molar-refractivity contribution >= 4 is 17.5 Å². The third kappa shape index (κ3) is 5.22. The number of hydrogen-bond acceptors (Lipinski definition) is 3. The molecule has 1 aliphatic heterocycles. The number of nitrogens with zero attached hydrogens (tertiary/aromatic N) is 2. The molecule has 0 radical (unpaired) electrons. The topological polar surface area (TPSA) is 36.7 Å². The van der Waals surface area contributed by atoms with Crippen molar-refractivity contribution in [2.45, 2.75) is 31.8 Å². The molecule has 32 heavy (non-hydrogen) atoms. The number of piperidine rings is 1. The standard InChI is InChI=1S/C26H28ClFN2O2/c1-29(26(31)25-11-6-16-32-25)24(17-20-7-2-4-9-22(20)27)19-12-14-30(15-13-19)18-21-8-3-5-10-23(21)28/h2-11,16,19,24H,12-15,17-18H2,1H3/t24-/m1/s1. The summed E-state index contributed by atoms with van der Waals surface area (Å²) in [6, 6.07) is 18.2. The summed E-state index contributed by atoms with van der Waals surface area (Å²) in [4.78, 5) is 17.1. The number of benzene rings is 2. The van der Waals surface area contributed by atoms with E-state index in [-0.39, 0.29) is 17.8 Å². The van der Waals surface area contributed by atoms with Crippen molar-refractivity contribution in [2.75, 3.05) is 20.1 Å². The van der Waals surface area contributed by atoms with Crippen LogP contribution in [0.15, 0.2) is 71.3 Å². The van der Waals surface area contributed by atoms with E-state index in [1.54, 1.807) is 23.1 Å². The Labute approximate surface area is 193 Å². The van der Waals surface area contributed by atoms with Crippen LogP contribution in [0.3, 0.4) is 0 Å². The molecule has 0 unspecified atom stereocenters. The van der Waals surface area contributed by atoms with Crippen molar-refractivity contribution in [3.8, 4) is 0 Å². The maximum Gasteiger partial charge on any atom is 0.289 e. The van der Waals surface area contributed by atoms with Gasteiger partial charge in [-0.05, 0) is 68.1 Å². The van der Waals surface area contributed by atoms with Crippen molar-refractivity contribution in [1.82, 2.24) is 9.80 Å². The molecular weight excluding hydrogens is 427 g/mol. The minimum atomic E-state index is -0.157. The molecule has 168 valence electrons. The van der Waals surface area contributed by atoms with E-state index in [2.05, 4.69) is 4.90 Å². The number of carbonyl (C=O) groups is 1. The van der Waals surface area contributed by atoms with Gasteiger partial charge in [0.2, 0.25) is 0 Å². The van der Waals surface area contributed by atoms with Crippen molar-refractivity contribution in [3.05, 3.63) is 94.7 Å². The first-order chi connectivity index (χ1) is 15.5. The van der Waals surface area contributed by atoms with Gasteiger partial charge in [0.15, 0.2) is 5.76 Å². The molecule has 1 atom stereocenters. The van der Waals surface area contributed by atoms with Gasteiger partial charge in [0.25, 0.3) is 5.91 Å². The fourth-order valence-electron chi connectivity index (χ4n) is 4.60. The molecule has 6 heteroatoms. The lowest BCUT2D eigenvalue weighted by molar-refractivity contribution is 0.0555. The van der Waals surface area contributed by atoms with Crippen LogP contribution in [0, 0.1) is 11.7 Å². The van der Waals surface area contributed by atoms with E-state index in [0.29, 0.717) is 29.7 Å². The largest absolute Gasteiger partial charge is 0.459 e.